The van der Waals surface area contributed by atoms with E-state index in [2.05, 4.69) is 36.9 Å². The minimum Gasteiger partial charge on any atom is -0.497 e. The van der Waals surface area contributed by atoms with Gasteiger partial charge in [-0.25, -0.2) is 13.2 Å². The van der Waals surface area contributed by atoms with Gasteiger partial charge in [-0.15, -0.1) is 0 Å². The summed E-state index contributed by atoms with van der Waals surface area (Å²) < 4.78 is 51.7. The summed E-state index contributed by atoms with van der Waals surface area (Å²) >= 11 is 0. The Morgan fingerprint density at radius 1 is 0.750 bits per heavy atom. The van der Waals surface area contributed by atoms with Gasteiger partial charge in [0.15, 0.2) is 11.6 Å². The van der Waals surface area contributed by atoms with Crippen LogP contribution in [0.3, 0.4) is 0 Å². The number of amides is 9. The highest BCUT2D eigenvalue weighted by molar-refractivity contribution is 6.01. The molecule has 5 heterocycles. The zero-order valence-electron chi connectivity index (χ0n) is 59.5. The molecule has 4 aromatic carbocycles. The summed E-state index contributed by atoms with van der Waals surface area (Å²) in [6.07, 6.45) is 1.79. The number of aryl methyl sites for hydroxylation is 1. The molecule has 104 heavy (non-hydrogen) atoms. The first-order chi connectivity index (χ1) is 49.6. The molecule has 0 spiro atoms. The number of Topliss-reactive ketones (excluding diaryl/α,β-unsaturated/α-hetero) is 2. The monoisotopic (exact) mass is 1440 g/mol. The Balaban J connectivity index is 1.06. The number of benzene rings is 4. The molecule has 24 nitrogen and oxygen atoms in total. The van der Waals surface area contributed by atoms with Gasteiger partial charge in [0.2, 0.25) is 53.2 Å². The van der Waals surface area contributed by atoms with Crippen molar-refractivity contribution in [3.63, 3.8) is 0 Å². The first kappa shape index (κ1) is 78.4. The Labute approximate surface area is 602 Å². The second-order valence-corrected chi connectivity index (χ2v) is 28.3. The number of primary amides is 1. The lowest BCUT2D eigenvalue weighted by molar-refractivity contribution is -0.147. The van der Waals surface area contributed by atoms with Gasteiger partial charge in [0, 0.05) is 74.5 Å². The lowest BCUT2D eigenvalue weighted by Crippen LogP contribution is -2.62. The Kier molecular flexibility index (Phi) is 26.8. The fourth-order valence-corrected chi connectivity index (χ4v) is 14.6. The van der Waals surface area contributed by atoms with Gasteiger partial charge in [0.05, 0.1) is 31.3 Å². The number of methoxy groups -OCH3 is 1. The first-order valence-corrected chi connectivity index (χ1v) is 35.9. The van der Waals surface area contributed by atoms with Crippen molar-refractivity contribution in [1.82, 2.24) is 46.7 Å². The number of halogens is 3. The second-order valence-electron chi connectivity index (χ2n) is 28.3. The topological polar surface area (TPSA) is 364 Å². The predicted molar refractivity (Wildman–Crippen MR) is 381 cm³/mol. The number of nitrogens with zero attached hydrogens (tertiary/aromatic N) is 2. The van der Waals surface area contributed by atoms with Crippen LogP contribution in [0, 0.1) is 23.5 Å². The molecule has 1 aliphatic carbocycles. The lowest BCUT2D eigenvalue weighted by Gasteiger charge is -2.37. The van der Waals surface area contributed by atoms with Crippen LogP contribution in [0.2, 0.25) is 0 Å². The molecular weight excluding hydrogens is 1340 g/mol. The van der Waals surface area contributed by atoms with Gasteiger partial charge in [0.1, 0.15) is 59.8 Å². The largest absolute Gasteiger partial charge is 0.497 e. The Morgan fingerprint density at radius 2 is 1.44 bits per heavy atom. The molecule has 10 rings (SSSR count). The van der Waals surface area contributed by atoms with Crippen molar-refractivity contribution >= 4 is 81.2 Å². The number of allylic oxidation sites excluding steroid dienone is 1. The van der Waals surface area contributed by atoms with Crippen molar-refractivity contribution in [1.29, 1.82) is 0 Å². The van der Waals surface area contributed by atoms with Crippen molar-refractivity contribution in [2.75, 3.05) is 26.7 Å². The molecule has 5 aromatic rings. The third kappa shape index (κ3) is 19.9. The molecule has 0 radical (unpaired) electrons. The van der Waals surface area contributed by atoms with Crippen molar-refractivity contribution < 1.29 is 75.8 Å². The number of aliphatic hydroxyl groups is 1. The van der Waals surface area contributed by atoms with Crippen molar-refractivity contribution in [3.05, 3.63) is 142 Å². The fraction of sp³-hybridized carbons (Fsp3) is 0.494. The number of hydrogen-bond donors (Lipinski definition) is 10. The van der Waals surface area contributed by atoms with Crippen LogP contribution in [0.1, 0.15) is 145 Å². The van der Waals surface area contributed by atoms with Crippen LogP contribution >= 0.6 is 0 Å². The first-order valence-electron chi connectivity index (χ1n) is 35.9. The Bertz CT molecular complexity index is 4020. The molecule has 12 atom stereocenters. The van der Waals surface area contributed by atoms with E-state index in [0.29, 0.717) is 101 Å². The number of alkyl halides is 1. The van der Waals surface area contributed by atoms with Crippen molar-refractivity contribution in [2.45, 2.75) is 203 Å². The van der Waals surface area contributed by atoms with Gasteiger partial charge in [-0.3, -0.25) is 52.7 Å². The number of carbonyl (C=O) groups excluding carboxylic acids is 11. The quantitative estimate of drug-likeness (QED) is 0.0651. The summed E-state index contributed by atoms with van der Waals surface area (Å²) in [7, 11) is 1.47. The molecule has 1 aromatic heterocycles. The standard InChI is InChI=1S/C77H96F3N11O13/c1-43-66(94)36-52(34-53-41-83-60-28-25-55(79)39-59(53)60)70(97)87-64(35-50-22-21-49-23-24-54(78)38-58(49)50)75(102)90-42-56(80)40-65(90)73(100)89-68(44(2)92)74(101)88-63(33-48-19-26-57(104-5)27-20-48)76(103)91-31-11-29-77(91,4)67(95)37-51(69(82)96)32-47-17-15-46(16-18-47)12-7-6-8-13-61(85-45(3)93)72(99)86-62(71(98)84-43)14-9-10-30-81/h15-20,22-28,38-39,41,43-44,51-52,56,61-65,68,83,92H,6-14,21,29-37,40,42,81H2,1-5H3,(H2,82,96)(H,84,98)(H,85,93)(H,86,99)(H,87,97)(H,88,101)(H,89,100)/t43-,44-,51-,52-,56+,61+,62+,63+,64+,65+,68+,77+/m1/s1. The zero-order chi connectivity index (χ0) is 75.1. The normalized spacial score (nSPS) is 26.0. The minimum atomic E-state index is -1.87. The maximum atomic E-state index is 16.2. The van der Waals surface area contributed by atoms with Gasteiger partial charge in [-0.1, -0.05) is 61.4 Å². The minimum absolute atomic E-state index is 0.0674. The van der Waals surface area contributed by atoms with Crippen LogP contribution in [-0.2, 0) is 84.8 Å². The summed E-state index contributed by atoms with van der Waals surface area (Å²) in [4.78, 5) is 165. The summed E-state index contributed by atoms with van der Waals surface area (Å²) in [6.45, 7) is 5.07. The highest BCUT2D eigenvalue weighted by Gasteiger charge is 2.49. The summed E-state index contributed by atoms with van der Waals surface area (Å²) in [5, 5.41) is 27.9. The molecular formula is C77H96F3N11O13. The highest BCUT2D eigenvalue weighted by Crippen LogP contribution is 2.36. The molecule has 4 aliphatic heterocycles. The van der Waals surface area contributed by atoms with Gasteiger partial charge in [-0.2, -0.15) is 0 Å². The number of nitrogens with one attached hydrogen (secondary N) is 7. The van der Waals surface area contributed by atoms with Crippen LogP contribution in [-0.4, -0.2) is 171 Å². The van der Waals surface area contributed by atoms with Gasteiger partial charge in [-0.05, 0) is 179 Å². The van der Waals surface area contributed by atoms with E-state index < -0.39 is 168 Å². The number of aliphatic hydroxyl groups excluding tert-OH is 1. The van der Waals surface area contributed by atoms with Crippen LogP contribution in [0.4, 0.5) is 13.2 Å². The smallest absolute Gasteiger partial charge is 0.246 e. The number of rotatable bonds is 14. The molecule has 27 heteroatoms. The van der Waals surface area contributed by atoms with Crippen LogP contribution in [0.5, 0.6) is 5.75 Å². The number of carbonyl (C=O) groups is 11. The highest BCUT2D eigenvalue weighted by atomic mass is 19.1. The average Bonchev–Trinajstić information content (AvgIpc) is 1.58. The van der Waals surface area contributed by atoms with E-state index >= 15 is 23.2 Å². The van der Waals surface area contributed by atoms with E-state index in [-0.39, 0.29) is 64.5 Å². The molecule has 2 saturated heterocycles. The number of ether oxygens (including phenoxy) is 1. The number of ketones is 2. The number of H-pyrrole nitrogens is 1. The molecule has 0 unspecified atom stereocenters. The Hall–Kier alpha value is -9.76. The van der Waals surface area contributed by atoms with E-state index in [9.17, 15) is 47.9 Å². The van der Waals surface area contributed by atoms with E-state index in [0.717, 1.165) is 10.5 Å². The summed E-state index contributed by atoms with van der Waals surface area (Å²) in [5.74, 6) is -11.7. The van der Waals surface area contributed by atoms with E-state index in [1.165, 1.54) is 69.3 Å². The fourth-order valence-electron chi connectivity index (χ4n) is 14.6. The zero-order valence-corrected chi connectivity index (χ0v) is 59.5. The number of nitrogens with two attached hydrogens (primary N) is 2. The molecule has 2 fully saturated rings. The van der Waals surface area contributed by atoms with E-state index in [1.807, 2.05) is 24.3 Å². The lowest BCUT2D eigenvalue weighted by atomic mass is 9.84. The number of aromatic nitrogens is 1. The molecule has 0 saturated carbocycles. The molecule has 5 aliphatic rings. The number of aromatic amines is 1. The van der Waals surface area contributed by atoms with E-state index in [4.69, 9.17) is 16.2 Å². The maximum absolute atomic E-state index is 16.2. The molecule has 558 valence electrons. The molecule has 12 N–H and O–H groups in total. The molecule has 9 amide bonds. The van der Waals surface area contributed by atoms with Crippen molar-refractivity contribution in [3.8, 4) is 5.75 Å². The number of fused-ring (bicyclic) bond motifs is 31. The third-order valence-electron chi connectivity index (χ3n) is 20.6. The van der Waals surface area contributed by atoms with E-state index in [1.54, 1.807) is 43.3 Å². The van der Waals surface area contributed by atoms with Crippen LogP contribution < -0.4 is 48.1 Å². The van der Waals surface area contributed by atoms with Gasteiger partial charge >= 0.3 is 0 Å². The average molecular weight is 1440 g/mol. The van der Waals surface area contributed by atoms with Gasteiger partial charge < -0.3 is 68.0 Å². The predicted octanol–water partition coefficient (Wildman–Crippen LogP) is 5.04. The summed E-state index contributed by atoms with van der Waals surface area (Å²) in [5.41, 5.74) is 14.9. The SMILES string of the molecule is COc1ccc(C[C@@H]2NC(=O)[C@H]([C@@H](C)O)NC(=O)[C@@H]3C[C@H](F)CN3C(=O)[C@H](CC3=CCc4ccc(F)cc43)NC(=O)[C@H](Cc3c[nH]c4ccc(F)cc34)CC(=O)[C@@H](C)NC(=O)[C@H](CCCCN)NC(=O)[C@@H](NC(C)=O)CCCCCc3ccc(cc3)C[C@@H](C(N)=O)CC(=O)[C@]3(C)CCCN3C2=O)cc1. The second kappa shape index (κ2) is 35.6. The van der Waals surface area contributed by atoms with Crippen LogP contribution in [0.15, 0.2) is 97.2 Å². The number of hydrogen-bond acceptors (Lipinski definition) is 14. The molecule has 2 bridgehead atoms. The summed E-state index contributed by atoms with van der Waals surface area (Å²) in [6, 6.07) is 11.8. The maximum Gasteiger partial charge on any atom is 0.246 e. The third-order valence-corrected chi connectivity index (χ3v) is 20.6. The Morgan fingerprint density at radius 3 is 2.14 bits per heavy atom. The number of unbranched alkanes of at least 4 members (excludes halogenated alkanes) is 1. The van der Waals surface area contributed by atoms with Crippen molar-refractivity contribution in [2.24, 2.45) is 23.3 Å². The van der Waals surface area contributed by atoms with Crippen LogP contribution in [0.25, 0.3) is 16.5 Å². The van der Waals surface area contributed by atoms with Gasteiger partial charge in [0.25, 0.3) is 0 Å².